The Morgan fingerprint density at radius 3 is 2.74 bits per heavy atom. The molecule has 2 heterocycles. The van der Waals surface area contributed by atoms with Crippen LogP contribution in [-0.2, 0) is 4.79 Å². The highest BCUT2D eigenvalue weighted by Crippen LogP contribution is 2.37. The Morgan fingerprint density at radius 1 is 1.37 bits per heavy atom. The summed E-state index contributed by atoms with van der Waals surface area (Å²) in [5.74, 6) is -1.85. The first kappa shape index (κ1) is 19.2. The molecule has 1 aromatic carbocycles. The predicted octanol–water partition coefficient (Wildman–Crippen LogP) is 2.76. The highest BCUT2D eigenvalue weighted by Gasteiger charge is 2.48. The molecule has 2 aromatic rings. The molecule has 1 amide bonds. The van der Waals surface area contributed by atoms with Gasteiger partial charge in [-0.1, -0.05) is 13.3 Å². The lowest BCUT2D eigenvalue weighted by molar-refractivity contribution is -0.162. The molecule has 1 fully saturated rings. The number of carboxylic acid groups (broad SMARTS) is 1. The van der Waals surface area contributed by atoms with Gasteiger partial charge >= 0.3 is 5.97 Å². The molecule has 27 heavy (non-hydrogen) atoms. The number of aliphatic hydroxyl groups is 1. The summed E-state index contributed by atoms with van der Waals surface area (Å²) in [6, 6.07) is 5.69. The lowest BCUT2D eigenvalue weighted by Crippen LogP contribution is -2.56. The molecule has 1 saturated heterocycles. The van der Waals surface area contributed by atoms with Crippen LogP contribution in [0.25, 0.3) is 10.9 Å². The van der Waals surface area contributed by atoms with Gasteiger partial charge in [-0.25, -0.2) is 4.39 Å². The van der Waals surface area contributed by atoms with Gasteiger partial charge in [0.05, 0.1) is 22.6 Å². The van der Waals surface area contributed by atoms with Gasteiger partial charge in [0.25, 0.3) is 5.91 Å². The molecule has 1 aliphatic heterocycles. The van der Waals surface area contributed by atoms with E-state index in [0.717, 1.165) is 0 Å². The number of rotatable bonds is 4. The lowest BCUT2D eigenvalue weighted by Gasteiger charge is -2.42. The first-order valence-corrected chi connectivity index (χ1v) is 9.06. The Morgan fingerprint density at radius 2 is 2.11 bits per heavy atom. The number of nitrogens with zero attached hydrogens (tertiary/aromatic N) is 2. The zero-order valence-corrected chi connectivity index (χ0v) is 15.4. The van der Waals surface area contributed by atoms with Crippen LogP contribution in [-0.4, -0.2) is 51.2 Å². The van der Waals surface area contributed by atoms with Crippen molar-refractivity contribution >= 4 is 22.8 Å². The smallest absolute Gasteiger partial charge is 0.312 e. The average Bonchev–Trinajstić information content (AvgIpc) is 2.62. The number of β-amino-alcohol motifs (C(OH)–C–C–N with tert-alkyl or cyclic N) is 1. The number of carbonyl (C=O) groups is 2. The minimum atomic E-state index is -1.23. The van der Waals surface area contributed by atoms with Crippen LogP contribution in [0, 0.1) is 18.2 Å². The van der Waals surface area contributed by atoms with E-state index in [1.165, 1.54) is 23.1 Å². The third-order valence-corrected chi connectivity index (χ3v) is 5.40. The molecule has 144 valence electrons. The number of piperidine rings is 1. The Balaban J connectivity index is 1.93. The van der Waals surface area contributed by atoms with E-state index in [1.807, 2.05) is 6.92 Å². The zero-order chi connectivity index (χ0) is 19.8. The summed E-state index contributed by atoms with van der Waals surface area (Å²) in [4.78, 5) is 30.6. The Kier molecular flexibility index (Phi) is 5.15. The number of hydrogen-bond acceptors (Lipinski definition) is 4. The van der Waals surface area contributed by atoms with Crippen LogP contribution in [0.4, 0.5) is 4.39 Å². The Hall–Kier alpha value is -2.54. The van der Waals surface area contributed by atoms with Crippen molar-refractivity contribution in [3.8, 4) is 0 Å². The number of aromatic nitrogens is 1. The molecule has 7 heteroatoms. The van der Waals surface area contributed by atoms with Gasteiger partial charge in [0.2, 0.25) is 0 Å². The van der Waals surface area contributed by atoms with Gasteiger partial charge in [0.1, 0.15) is 5.82 Å². The van der Waals surface area contributed by atoms with E-state index in [4.69, 9.17) is 0 Å². The number of amides is 1. The maximum atomic E-state index is 13.7. The van der Waals surface area contributed by atoms with E-state index in [9.17, 15) is 24.2 Å². The minimum absolute atomic E-state index is 0.0662. The fourth-order valence-corrected chi connectivity index (χ4v) is 3.93. The number of aliphatic carboxylic acids is 1. The molecule has 6 nitrogen and oxygen atoms in total. The molecule has 0 unspecified atom stereocenters. The fourth-order valence-electron chi connectivity index (χ4n) is 3.93. The molecule has 0 spiro atoms. The Labute approximate surface area is 156 Å². The maximum Gasteiger partial charge on any atom is 0.312 e. The van der Waals surface area contributed by atoms with E-state index in [2.05, 4.69) is 4.98 Å². The molecule has 2 N–H and O–H groups in total. The maximum absolute atomic E-state index is 13.7. The number of aliphatic hydroxyl groups excluding tert-OH is 1. The van der Waals surface area contributed by atoms with Gasteiger partial charge in [-0.05, 0) is 44.0 Å². The molecule has 1 aliphatic rings. The van der Waals surface area contributed by atoms with Crippen molar-refractivity contribution in [1.82, 2.24) is 9.88 Å². The van der Waals surface area contributed by atoms with Gasteiger partial charge in [-0.2, -0.15) is 0 Å². The molecular formula is C20H23FN2O4. The van der Waals surface area contributed by atoms with Crippen molar-refractivity contribution in [1.29, 1.82) is 0 Å². The second kappa shape index (κ2) is 7.23. The summed E-state index contributed by atoms with van der Waals surface area (Å²) >= 11 is 0. The normalized spacial score (nSPS) is 22.8. The van der Waals surface area contributed by atoms with Gasteiger partial charge in [0, 0.05) is 24.2 Å². The monoisotopic (exact) mass is 374 g/mol. The standard InChI is InChI=1S/C20H23FN2O4/c1-3-6-20(19(26)27)7-8-23(11-17(20)24)18(25)15-9-12(2)22-16-5-4-13(21)10-14(15)16/h4-5,9-10,17,24H,3,6-8,11H2,1-2H3,(H,26,27)/t17-,20+/m1/s1. The van der Waals surface area contributed by atoms with Crippen molar-refractivity contribution in [3.05, 3.63) is 41.3 Å². The summed E-state index contributed by atoms with van der Waals surface area (Å²) in [7, 11) is 0. The first-order chi connectivity index (χ1) is 12.8. The minimum Gasteiger partial charge on any atom is -0.481 e. The predicted molar refractivity (Wildman–Crippen MR) is 97.9 cm³/mol. The van der Waals surface area contributed by atoms with Crippen LogP contribution < -0.4 is 0 Å². The second-order valence-electron chi connectivity index (χ2n) is 7.20. The number of aryl methyl sites for hydroxylation is 1. The number of pyridine rings is 1. The number of carbonyl (C=O) groups excluding carboxylic acids is 1. The molecule has 0 aliphatic carbocycles. The van der Waals surface area contributed by atoms with Crippen LogP contribution in [0.15, 0.2) is 24.3 Å². The van der Waals surface area contributed by atoms with E-state index < -0.39 is 23.3 Å². The molecule has 1 aromatic heterocycles. The van der Waals surface area contributed by atoms with Gasteiger partial charge in [0.15, 0.2) is 0 Å². The average molecular weight is 374 g/mol. The third-order valence-electron chi connectivity index (χ3n) is 5.40. The first-order valence-electron chi connectivity index (χ1n) is 9.06. The molecule has 0 radical (unpaired) electrons. The fraction of sp³-hybridized carbons (Fsp3) is 0.450. The number of halogens is 1. The second-order valence-corrected chi connectivity index (χ2v) is 7.20. The highest BCUT2D eigenvalue weighted by molar-refractivity contribution is 6.06. The summed E-state index contributed by atoms with van der Waals surface area (Å²) in [5, 5.41) is 20.6. The molecule has 2 atom stereocenters. The van der Waals surface area contributed by atoms with Crippen LogP contribution in [0.2, 0.25) is 0 Å². The van der Waals surface area contributed by atoms with Gasteiger partial charge < -0.3 is 15.1 Å². The van der Waals surface area contributed by atoms with E-state index >= 15 is 0 Å². The van der Waals surface area contributed by atoms with Gasteiger partial charge in [-0.15, -0.1) is 0 Å². The zero-order valence-electron chi connectivity index (χ0n) is 15.4. The SMILES string of the molecule is CCC[C@]1(C(=O)O)CCN(C(=O)c2cc(C)nc3ccc(F)cc23)C[C@H]1O. The van der Waals surface area contributed by atoms with Crippen LogP contribution in [0.3, 0.4) is 0 Å². The number of hydrogen-bond donors (Lipinski definition) is 2. The van der Waals surface area contributed by atoms with Crippen LogP contribution in [0.5, 0.6) is 0 Å². The lowest BCUT2D eigenvalue weighted by atomic mass is 9.72. The summed E-state index contributed by atoms with van der Waals surface area (Å²) < 4.78 is 13.7. The van der Waals surface area contributed by atoms with Crippen molar-refractivity contribution in [3.63, 3.8) is 0 Å². The largest absolute Gasteiger partial charge is 0.481 e. The number of likely N-dealkylation sites (tertiary alicyclic amines) is 1. The number of carboxylic acids is 1. The highest BCUT2D eigenvalue weighted by atomic mass is 19.1. The molecule has 0 saturated carbocycles. The summed E-state index contributed by atoms with van der Waals surface area (Å²) in [6.45, 7) is 3.78. The van der Waals surface area contributed by atoms with E-state index in [1.54, 1.807) is 13.0 Å². The number of fused-ring (bicyclic) bond motifs is 1. The van der Waals surface area contributed by atoms with Gasteiger partial charge in [-0.3, -0.25) is 14.6 Å². The molecular weight excluding hydrogens is 351 g/mol. The van der Waals surface area contributed by atoms with Crippen molar-refractivity contribution < 1.29 is 24.2 Å². The van der Waals surface area contributed by atoms with E-state index in [-0.39, 0.29) is 25.4 Å². The van der Waals surface area contributed by atoms with Crippen molar-refractivity contribution in [2.24, 2.45) is 5.41 Å². The Bertz CT molecular complexity index is 901. The molecule has 3 rings (SSSR count). The van der Waals surface area contributed by atoms with Crippen molar-refractivity contribution in [2.45, 2.75) is 39.2 Å². The van der Waals surface area contributed by atoms with Crippen LogP contribution in [0.1, 0.15) is 42.2 Å². The topological polar surface area (TPSA) is 90.7 Å². The van der Waals surface area contributed by atoms with Crippen molar-refractivity contribution in [2.75, 3.05) is 13.1 Å². The number of benzene rings is 1. The third kappa shape index (κ3) is 3.39. The molecule has 0 bridgehead atoms. The van der Waals surface area contributed by atoms with Crippen LogP contribution >= 0.6 is 0 Å². The summed E-state index contributed by atoms with van der Waals surface area (Å²) in [5.41, 5.74) is 0.222. The summed E-state index contributed by atoms with van der Waals surface area (Å²) in [6.07, 6.45) is 0.0108. The van der Waals surface area contributed by atoms with E-state index in [0.29, 0.717) is 35.0 Å². The quantitative estimate of drug-likeness (QED) is 0.859.